The standard InChI is InChI=1S/C21H30N6O2.2C2HF3O2/c1-25-13-18-23-24-19(20(28)22-16-6-3-2-4-7-16)27(18)15-21(25)9-10-26(14-21)12-17-8-5-11-29-17;2*3-2(4,5)1(6)7/h5,8,11,16H,2-4,6-7,9-10,12-15H2,1H3,(H,22,28);2*(H,6,7). The molecule has 0 radical (unpaired) electrons. The molecule has 1 unspecified atom stereocenters. The predicted molar refractivity (Wildman–Crippen MR) is 135 cm³/mol. The molecular formula is C25H32F6N6O6. The minimum atomic E-state index is -5.08. The molecule has 43 heavy (non-hydrogen) atoms. The third-order valence-electron chi connectivity index (χ3n) is 7.47. The lowest BCUT2D eigenvalue weighted by Crippen LogP contribution is -2.55. The normalized spacial score (nSPS) is 21.3. The molecule has 2 aromatic heterocycles. The monoisotopic (exact) mass is 626 g/mol. The number of carboxylic acids is 2. The molecule has 4 heterocycles. The van der Waals surface area contributed by atoms with Gasteiger partial charge in [-0.05, 0) is 38.4 Å². The Labute approximate surface area is 241 Å². The van der Waals surface area contributed by atoms with Crippen LogP contribution in [0.1, 0.15) is 60.7 Å². The molecule has 1 aliphatic carbocycles. The molecule has 18 heteroatoms. The first-order chi connectivity index (χ1) is 20.0. The first-order valence-corrected chi connectivity index (χ1v) is 13.3. The Balaban J connectivity index is 0.000000303. The maximum atomic E-state index is 12.9. The third kappa shape index (κ3) is 9.16. The third-order valence-corrected chi connectivity index (χ3v) is 7.47. The number of carboxylic acid groups (broad SMARTS) is 2. The minimum absolute atomic E-state index is 0.00183. The number of amides is 1. The lowest BCUT2D eigenvalue weighted by atomic mass is 9.94. The highest BCUT2D eigenvalue weighted by Crippen LogP contribution is 2.35. The number of furan rings is 1. The second-order valence-corrected chi connectivity index (χ2v) is 10.6. The second kappa shape index (κ2) is 13.7. The summed E-state index contributed by atoms with van der Waals surface area (Å²) in [6.45, 7) is 4.27. The topological polar surface area (TPSA) is 154 Å². The number of hydrogen-bond donors (Lipinski definition) is 3. The van der Waals surface area contributed by atoms with Gasteiger partial charge in [-0.15, -0.1) is 10.2 Å². The van der Waals surface area contributed by atoms with E-state index in [-0.39, 0.29) is 17.5 Å². The fraction of sp³-hybridized carbons (Fsp3) is 0.640. The highest BCUT2D eigenvalue weighted by atomic mass is 19.4. The maximum absolute atomic E-state index is 12.9. The van der Waals surface area contributed by atoms with Gasteiger partial charge in [-0.3, -0.25) is 14.6 Å². The molecule has 2 aliphatic heterocycles. The zero-order chi connectivity index (χ0) is 32.0. The highest BCUT2D eigenvalue weighted by molar-refractivity contribution is 5.91. The first kappa shape index (κ1) is 33.8. The van der Waals surface area contributed by atoms with Crippen molar-refractivity contribution in [2.75, 3.05) is 20.1 Å². The summed E-state index contributed by atoms with van der Waals surface area (Å²) in [6.07, 6.45) is -1.57. The van der Waals surface area contributed by atoms with E-state index in [4.69, 9.17) is 24.2 Å². The van der Waals surface area contributed by atoms with Crippen molar-refractivity contribution in [3.63, 3.8) is 0 Å². The molecule has 3 N–H and O–H groups in total. The van der Waals surface area contributed by atoms with E-state index < -0.39 is 24.3 Å². The van der Waals surface area contributed by atoms with Gasteiger partial charge in [0.15, 0.2) is 0 Å². The zero-order valence-corrected chi connectivity index (χ0v) is 23.1. The molecule has 240 valence electrons. The van der Waals surface area contributed by atoms with Crippen molar-refractivity contribution in [1.29, 1.82) is 0 Å². The number of fused-ring (bicyclic) bond motifs is 1. The van der Waals surface area contributed by atoms with Gasteiger partial charge in [0.25, 0.3) is 5.91 Å². The van der Waals surface area contributed by atoms with Gasteiger partial charge in [0.2, 0.25) is 5.82 Å². The smallest absolute Gasteiger partial charge is 0.475 e. The number of likely N-dealkylation sites (N-methyl/N-ethyl adjacent to an activating group) is 1. The Morgan fingerprint density at radius 2 is 1.63 bits per heavy atom. The summed E-state index contributed by atoms with van der Waals surface area (Å²) in [5.74, 6) is -3.22. The molecule has 1 spiro atoms. The summed E-state index contributed by atoms with van der Waals surface area (Å²) >= 11 is 0. The van der Waals surface area contributed by atoms with E-state index >= 15 is 0 Å². The lowest BCUT2D eigenvalue weighted by Gasteiger charge is -2.42. The fourth-order valence-electron chi connectivity index (χ4n) is 5.22. The van der Waals surface area contributed by atoms with E-state index in [9.17, 15) is 31.1 Å². The SMILES string of the molecule is CN1Cc2nnc(C(=O)NC3CCCCC3)n2CC12CCN(Cc1ccco1)C2.O=C(O)C(F)(F)F.O=C(O)C(F)(F)F. The number of hydrogen-bond acceptors (Lipinski definition) is 8. The number of aromatic nitrogens is 3. The number of alkyl halides is 6. The highest BCUT2D eigenvalue weighted by Gasteiger charge is 2.46. The molecule has 1 amide bonds. The fourth-order valence-corrected chi connectivity index (χ4v) is 5.22. The zero-order valence-electron chi connectivity index (χ0n) is 23.1. The quantitative estimate of drug-likeness (QED) is 0.431. The van der Waals surface area contributed by atoms with Crippen LogP contribution in [-0.2, 0) is 29.2 Å². The molecule has 2 aromatic rings. The van der Waals surface area contributed by atoms with Gasteiger partial charge in [-0.1, -0.05) is 19.3 Å². The molecule has 0 aromatic carbocycles. The van der Waals surface area contributed by atoms with Crippen LogP contribution in [-0.4, -0.2) is 96.7 Å². The van der Waals surface area contributed by atoms with Gasteiger partial charge in [-0.25, -0.2) is 9.59 Å². The maximum Gasteiger partial charge on any atom is 0.490 e. The predicted octanol–water partition coefficient (Wildman–Crippen LogP) is 3.29. The van der Waals surface area contributed by atoms with Gasteiger partial charge in [-0.2, -0.15) is 26.3 Å². The molecule has 1 saturated heterocycles. The molecule has 5 rings (SSSR count). The summed E-state index contributed by atoms with van der Waals surface area (Å²) in [7, 11) is 2.16. The van der Waals surface area contributed by atoms with Crippen LogP contribution in [0, 0.1) is 0 Å². The van der Waals surface area contributed by atoms with Crippen molar-refractivity contribution in [2.24, 2.45) is 0 Å². The number of aliphatic carboxylic acids is 2. The van der Waals surface area contributed by atoms with E-state index in [2.05, 4.69) is 36.9 Å². The van der Waals surface area contributed by atoms with Crippen LogP contribution in [0.5, 0.6) is 0 Å². The Morgan fingerprint density at radius 1 is 1.02 bits per heavy atom. The summed E-state index contributed by atoms with van der Waals surface area (Å²) < 4.78 is 71.1. The number of nitrogens with zero attached hydrogens (tertiary/aromatic N) is 5. The number of likely N-dealkylation sites (tertiary alicyclic amines) is 1. The number of rotatable bonds is 4. The number of carbonyl (C=O) groups is 3. The molecule has 2 fully saturated rings. The van der Waals surface area contributed by atoms with Crippen LogP contribution in [0.4, 0.5) is 26.3 Å². The van der Waals surface area contributed by atoms with E-state index in [1.54, 1.807) is 6.26 Å². The van der Waals surface area contributed by atoms with Crippen LogP contribution in [0.15, 0.2) is 22.8 Å². The minimum Gasteiger partial charge on any atom is -0.475 e. The summed E-state index contributed by atoms with van der Waals surface area (Å²) in [5, 5.41) is 26.1. The van der Waals surface area contributed by atoms with E-state index in [1.165, 1.54) is 19.3 Å². The van der Waals surface area contributed by atoms with Crippen molar-refractivity contribution in [1.82, 2.24) is 29.9 Å². The van der Waals surface area contributed by atoms with Gasteiger partial charge in [0.05, 0.1) is 24.9 Å². The van der Waals surface area contributed by atoms with Gasteiger partial charge in [0.1, 0.15) is 11.6 Å². The van der Waals surface area contributed by atoms with Crippen molar-refractivity contribution in [3.8, 4) is 0 Å². The van der Waals surface area contributed by atoms with Gasteiger partial charge >= 0.3 is 24.3 Å². The Bertz CT molecular complexity index is 1220. The molecular weight excluding hydrogens is 594 g/mol. The molecule has 3 aliphatic rings. The average molecular weight is 627 g/mol. The first-order valence-electron chi connectivity index (χ1n) is 13.3. The van der Waals surface area contributed by atoms with Crippen LogP contribution >= 0.6 is 0 Å². The van der Waals surface area contributed by atoms with Crippen molar-refractivity contribution in [2.45, 2.75) is 82.1 Å². The van der Waals surface area contributed by atoms with E-state index in [1.807, 2.05) is 12.1 Å². The Kier molecular flexibility index (Phi) is 10.8. The summed E-state index contributed by atoms with van der Waals surface area (Å²) in [5.41, 5.74) is 0.00183. The molecule has 0 bridgehead atoms. The van der Waals surface area contributed by atoms with E-state index in [0.717, 1.165) is 63.6 Å². The van der Waals surface area contributed by atoms with Crippen LogP contribution < -0.4 is 5.32 Å². The van der Waals surface area contributed by atoms with Crippen molar-refractivity contribution < 1.29 is 55.4 Å². The second-order valence-electron chi connectivity index (χ2n) is 10.6. The summed E-state index contributed by atoms with van der Waals surface area (Å²) in [6, 6.07) is 4.25. The van der Waals surface area contributed by atoms with Gasteiger partial charge in [0, 0.05) is 25.7 Å². The van der Waals surface area contributed by atoms with Gasteiger partial charge < -0.3 is 24.5 Å². The molecule has 1 saturated carbocycles. The molecule has 12 nitrogen and oxygen atoms in total. The lowest BCUT2D eigenvalue weighted by molar-refractivity contribution is -0.193. The number of carbonyl (C=O) groups excluding carboxylic acids is 1. The Hall–Kier alpha value is -3.67. The number of nitrogens with one attached hydrogen (secondary N) is 1. The van der Waals surface area contributed by atoms with Crippen molar-refractivity contribution >= 4 is 17.8 Å². The van der Waals surface area contributed by atoms with Crippen LogP contribution in [0.2, 0.25) is 0 Å². The average Bonchev–Trinajstić information content (AvgIpc) is 3.66. The Morgan fingerprint density at radius 3 is 2.16 bits per heavy atom. The largest absolute Gasteiger partial charge is 0.490 e. The van der Waals surface area contributed by atoms with E-state index in [0.29, 0.717) is 5.82 Å². The van der Waals surface area contributed by atoms with Crippen LogP contribution in [0.25, 0.3) is 0 Å². The number of halogens is 6. The van der Waals surface area contributed by atoms with Crippen molar-refractivity contribution in [3.05, 3.63) is 35.8 Å². The van der Waals surface area contributed by atoms with Crippen LogP contribution in [0.3, 0.4) is 0 Å². The summed E-state index contributed by atoms with van der Waals surface area (Å²) in [4.78, 5) is 35.6. The molecule has 1 atom stereocenters.